The molecule has 0 radical (unpaired) electrons. The number of carbonyl (C=O) groups excluding carboxylic acids is 1. The maximum atomic E-state index is 12.7. The molecule has 0 bridgehead atoms. The van der Waals surface area contributed by atoms with Crippen LogP contribution in [0.15, 0.2) is 18.2 Å². The molecule has 0 aliphatic heterocycles. The molecular formula is C9H10F2N2O2. The molecule has 0 unspecified atom stereocenters. The van der Waals surface area contributed by atoms with E-state index in [0.29, 0.717) is 0 Å². The Morgan fingerprint density at radius 3 is 2.73 bits per heavy atom. The standard InChI is InChI=1S/C9H10F2N2O2/c10-7-2-1-6(5-8(7)11)15-9(14)13-4-3-12/h1-2,5H,3-4,12H2,(H,13,14). The third kappa shape index (κ3) is 3.51. The molecule has 0 aromatic heterocycles. The first-order valence-corrected chi connectivity index (χ1v) is 4.24. The molecule has 6 heteroatoms. The Morgan fingerprint density at radius 2 is 2.13 bits per heavy atom. The van der Waals surface area contributed by atoms with E-state index in [9.17, 15) is 13.6 Å². The largest absolute Gasteiger partial charge is 0.412 e. The van der Waals surface area contributed by atoms with Crippen LogP contribution in [0.4, 0.5) is 13.6 Å². The second-order valence-electron chi connectivity index (χ2n) is 2.68. The van der Waals surface area contributed by atoms with Crippen molar-refractivity contribution in [1.29, 1.82) is 0 Å². The SMILES string of the molecule is NCCNC(=O)Oc1ccc(F)c(F)c1. The predicted molar refractivity (Wildman–Crippen MR) is 49.4 cm³/mol. The highest BCUT2D eigenvalue weighted by atomic mass is 19.2. The van der Waals surface area contributed by atoms with E-state index in [0.717, 1.165) is 18.2 Å². The zero-order chi connectivity index (χ0) is 11.3. The average Bonchev–Trinajstić information content (AvgIpc) is 2.20. The minimum absolute atomic E-state index is 0.0663. The molecule has 1 aromatic carbocycles. The Hall–Kier alpha value is -1.69. The van der Waals surface area contributed by atoms with Gasteiger partial charge in [-0.3, -0.25) is 0 Å². The third-order valence-electron chi connectivity index (χ3n) is 1.52. The first-order valence-electron chi connectivity index (χ1n) is 4.24. The fourth-order valence-corrected chi connectivity index (χ4v) is 0.858. The number of nitrogens with two attached hydrogens (primary N) is 1. The molecule has 0 spiro atoms. The lowest BCUT2D eigenvalue weighted by atomic mass is 10.3. The van der Waals surface area contributed by atoms with Gasteiger partial charge in [0.25, 0.3) is 0 Å². The topological polar surface area (TPSA) is 64.3 Å². The van der Waals surface area contributed by atoms with Gasteiger partial charge in [0.2, 0.25) is 0 Å². The number of ether oxygens (including phenoxy) is 1. The maximum absolute atomic E-state index is 12.7. The Labute approximate surface area is 85.0 Å². The fraction of sp³-hybridized carbons (Fsp3) is 0.222. The Bertz CT molecular complexity index is 358. The molecule has 0 fully saturated rings. The van der Waals surface area contributed by atoms with Crippen LogP contribution in [0.1, 0.15) is 0 Å². The number of benzene rings is 1. The van der Waals surface area contributed by atoms with Gasteiger partial charge in [-0.15, -0.1) is 0 Å². The summed E-state index contributed by atoms with van der Waals surface area (Å²) in [7, 11) is 0. The lowest BCUT2D eigenvalue weighted by Gasteiger charge is -2.05. The summed E-state index contributed by atoms with van der Waals surface area (Å²) in [4.78, 5) is 11.0. The van der Waals surface area contributed by atoms with Crippen molar-refractivity contribution in [3.63, 3.8) is 0 Å². The van der Waals surface area contributed by atoms with Gasteiger partial charge >= 0.3 is 6.09 Å². The molecule has 1 amide bonds. The number of hydrogen-bond acceptors (Lipinski definition) is 3. The van der Waals surface area contributed by atoms with Gasteiger partial charge in [-0.1, -0.05) is 0 Å². The zero-order valence-electron chi connectivity index (χ0n) is 7.80. The van der Waals surface area contributed by atoms with Crippen LogP contribution in [0.3, 0.4) is 0 Å². The number of hydrogen-bond donors (Lipinski definition) is 2. The van der Waals surface area contributed by atoms with Gasteiger partial charge in [-0.2, -0.15) is 0 Å². The number of carbonyl (C=O) groups is 1. The number of amides is 1. The molecule has 0 aliphatic rings. The van der Waals surface area contributed by atoms with Crippen molar-refractivity contribution < 1.29 is 18.3 Å². The van der Waals surface area contributed by atoms with E-state index in [1.54, 1.807) is 0 Å². The summed E-state index contributed by atoms with van der Waals surface area (Å²) in [5, 5.41) is 2.31. The molecule has 0 saturated heterocycles. The van der Waals surface area contributed by atoms with Gasteiger partial charge < -0.3 is 15.8 Å². The van der Waals surface area contributed by atoms with Crippen molar-refractivity contribution in [2.75, 3.05) is 13.1 Å². The normalized spacial score (nSPS) is 9.80. The van der Waals surface area contributed by atoms with Crippen LogP contribution in [-0.4, -0.2) is 19.2 Å². The third-order valence-corrected chi connectivity index (χ3v) is 1.52. The van der Waals surface area contributed by atoms with Crippen LogP contribution in [0.2, 0.25) is 0 Å². The molecule has 82 valence electrons. The lowest BCUT2D eigenvalue weighted by molar-refractivity contribution is 0.200. The van der Waals surface area contributed by atoms with Crippen LogP contribution in [0, 0.1) is 11.6 Å². The lowest BCUT2D eigenvalue weighted by Crippen LogP contribution is -2.31. The average molecular weight is 216 g/mol. The minimum Gasteiger partial charge on any atom is -0.410 e. The van der Waals surface area contributed by atoms with Crippen molar-refractivity contribution in [1.82, 2.24) is 5.32 Å². The summed E-state index contributed by atoms with van der Waals surface area (Å²) in [6.45, 7) is 0.523. The van der Waals surface area contributed by atoms with Gasteiger partial charge in [0.1, 0.15) is 5.75 Å². The molecule has 4 nitrogen and oxygen atoms in total. The van der Waals surface area contributed by atoms with Gasteiger partial charge in [0.05, 0.1) is 0 Å². The smallest absolute Gasteiger partial charge is 0.410 e. The molecular weight excluding hydrogens is 206 g/mol. The fourth-order valence-electron chi connectivity index (χ4n) is 0.858. The van der Waals surface area contributed by atoms with Crippen molar-refractivity contribution in [3.8, 4) is 5.75 Å². The van der Waals surface area contributed by atoms with Gasteiger partial charge in [-0.05, 0) is 12.1 Å². The number of halogens is 2. The first-order chi connectivity index (χ1) is 7.13. The summed E-state index contributed by atoms with van der Waals surface area (Å²) >= 11 is 0. The maximum Gasteiger partial charge on any atom is 0.412 e. The molecule has 0 aliphatic carbocycles. The molecule has 3 N–H and O–H groups in total. The first kappa shape index (κ1) is 11.4. The number of rotatable bonds is 3. The molecule has 1 rings (SSSR count). The van der Waals surface area contributed by atoms with E-state index in [2.05, 4.69) is 10.1 Å². The summed E-state index contributed by atoms with van der Waals surface area (Å²) in [5.41, 5.74) is 5.13. The van der Waals surface area contributed by atoms with Crippen LogP contribution >= 0.6 is 0 Å². The minimum atomic E-state index is -1.07. The second-order valence-corrected chi connectivity index (χ2v) is 2.68. The van der Waals surface area contributed by atoms with E-state index in [1.807, 2.05) is 0 Å². The summed E-state index contributed by atoms with van der Waals surface area (Å²) < 4.78 is 29.8. The van der Waals surface area contributed by atoms with Gasteiger partial charge in [0.15, 0.2) is 11.6 Å². The molecule has 0 saturated carbocycles. The molecule has 1 aromatic rings. The van der Waals surface area contributed by atoms with Gasteiger partial charge in [-0.25, -0.2) is 13.6 Å². The predicted octanol–water partition coefficient (Wildman–Crippen LogP) is 1.01. The van der Waals surface area contributed by atoms with Gasteiger partial charge in [0, 0.05) is 19.2 Å². The van der Waals surface area contributed by atoms with E-state index >= 15 is 0 Å². The van der Waals surface area contributed by atoms with E-state index in [1.165, 1.54) is 0 Å². The van der Waals surface area contributed by atoms with Crippen LogP contribution in [0.25, 0.3) is 0 Å². The highest BCUT2D eigenvalue weighted by Crippen LogP contribution is 2.15. The summed E-state index contributed by atoms with van der Waals surface area (Å²) in [6, 6.07) is 2.82. The monoisotopic (exact) mass is 216 g/mol. The highest BCUT2D eigenvalue weighted by molar-refractivity contribution is 5.70. The van der Waals surface area contributed by atoms with Crippen LogP contribution in [-0.2, 0) is 0 Å². The zero-order valence-corrected chi connectivity index (χ0v) is 7.80. The quantitative estimate of drug-likeness (QED) is 0.792. The summed E-state index contributed by atoms with van der Waals surface area (Å²) in [6.07, 6.45) is -0.758. The molecule has 0 atom stereocenters. The molecule has 15 heavy (non-hydrogen) atoms. The highest BCUT2D eigenvalue weighted by Gasteiger charge is 2.06. The Balaban J connectivity index is 2.57. The van der Waals surface area contributed by atoms with E-state index in [-0.39, 0.29) is 18.8 Å². The van der Waals surface area contributed by atoms with Crippen molar-refractivity contribution in [2.24, 2.45) is 5.73 Å². The van der Waals surface area contributed by atoms with Crippen molar-refractivity contribution in [2.45, 2.75) is 0 Å². The van der Waals surface area contributed by atoms with Crippen molar-refractivity contribution in [3.05, 3.63) is 29.8 Å². The molecule has 0 heterocycles. The van der Waals surface area contributed by atoms with Crippen LogP contribution < -0.4 is 15.8 Å². The number of nitrogens with one attached hydrogen (secondary N) is 1. The van der Waals surface area contributed by atoms with Crippen LogP contribution in [0.5, 0.6) is 5.75 Å². The Morgan fingerprint density at radius 1 is 1.40 bits per heavy atom. The van der Waals surface area contributed by atoms with E-state index in [4.69, 9.17) is 5.73 Å². The summed E-state index contributed by atoms with van der Waals surface area (Å²) in [5.74, 6) is -2.13. The Kier molecular flexibility index (Phi) is 3.99. The van der Waals surface area contributed by atoms with Crippen molar-refractivity contribution >= 4 is 6.09 Å². The second kappa shape index (κ2) is 5.26. The van der Waals surface area contributed by atoms with E-state index < -0.39 is 17.7 Å².